The van der Waals surface area contributed by atoms with Crippen LogP contribution in [0.15, 0.2) is 42.6 Å². The number of hydrogen-bond acceptors (Lipinski definition) is 2. The van der Waals surface area contributed by atoms with Crippen molar-refractivity contribution in [3.05, 3.63) is 53.9 Å². The highest BCUT2D eigenvalue weighted by atomic mass is 16.1. The van der Waals surface area contributed by atoms with Gasteiger partial charge in [0.15, 0.2) is 0 Å². The lowest BCUT2D eigenvalue weighted by atomic mass is 10.0. The molecule has 0 fully saturated rings. The number of rotatable bonds is 4. The molecule has 0 radical (unpaired) electrons. The lowest BCUT2D eigenvalue weighted by Crippen LogP contribution is -1.88. The summed E-state index contributed by atoms with van der Waals surface area (Å²) in [7, 11) is 0. The van der Waals surface area contributed by atoms with Gasteiger partial charge in [-0.15, -0.1) is 0 Å². The number of pyridine rings is 1. The van der Waals surface area contributed by atoms with Gasteiger partial charge >= 0.3 is 0 Å². The Balaban J connectivity index is 2.26. The van der Waals surface area contributed by atoms with Crippen LogP contribution in [0.1, 0.15) is 17.7 Å². The number of benzene rings is 1. The molecule has 0 unspecified atom stereocenters. The molecule has 0 saturated carbocycles. The van der Waals surface area contributed by atoms with Crippen molar-refractivity contribution in [1.82, 2.24) is 4.98 Å². The molecule has 86 valence electrons. The van der Waals surface area contributed by atoms with Crippen LogP contribution in [-0.4, -0.2) is 11.3 Å². The van der Waals surface area contributed by atoms with Crippen molar-refractivity contribution in [2.75, 3.05) is 0 Å². The molecule has 0 spiro atoms. The van der Waals surface area contributed by atoms with Crippen LogP contribution < -0.4 is 0 Å². The van der Waals surface area contributed by atoms with E-state index in [0.717, 1.165) is 29.5 Å². The predicted octanol–water partition coefficient (Wildman–Crippen LogP) is 3.19. The van der Waals surface area contributed by atoms with Crippen molar-refractivity contribution in [1.29, 1.82) is 0 Å². The summed E-state index contributed by atoms with van der Waals surface area (Å²) < 4.78 is 0. The van der Waals surface area contributed by atoms with Gasteiger partial charge in [0.1, 0.15) is 6.29 Å². The lowest BCUT2D eigenvalue weighted by molar-refractivity contribution is -0.107. The van der Waals surface area contributed by atoms with E-state index in [0.29, 0.717) is 6.42 Å². The van der Waals surface area contributed by atoms with Crippen molar-refractivity contribution in [3.8, 4) is 11.1 Å². The minimum absolute atomic E-state index is 0.579. The highest BCUT2D eigenvalue weighted by Gasteiger charge is 1.99. The van der Waals surface area contributed by atoms with Gasteiger partial charge in [0.05, 0.1) is 0 Å². The van der Waals surface area contributed by atoms with E-state index in [-0.39, 0.29) is 0 Å². The minimum Gasteiger partial charge on any atom is -0.303 e. The third kappa shape index (κ3) is 3.00. The largest absolute Gasteiger partial charge is 0.303 e. The molecule has 2 heteroatoms. The van der Waals surface area contributed by atoms with Crippen LogP contribution in [-0.2, 0) is 11.2 Å². The fourth-order valence-electron chi connectivity index (χ4n) is 1.77. The van der Waals surface area contributed by atoms with E-state index < -0.39 is 0 Å². The van der Waals surface area contributed by atoms with Gasteiger partial charge in [-0.25, -0.2) is 0 Å². The second kappa shape index (κ2) is 5.39. The molecule has 2 rings (SSSR count). The van der Waals surface area contributed by atoms with Crippen LogP contribution in [0.5, 0.6) is 0 Å². The van der Waals surface area contributed by atoms with Gasteiger partial charge in [-0.3, -0.25) is 4.98 Å². The Morgan fingerprint density at radius 3 is 2.76 bits per heavy atom. The minimum atomic E-state index is 0.579. The molecule has 0 aliphatic heterocycles. The number of carbonyl (C=O) groups excluding carboxylic acids is 1. The molecule has 0 bridgehead atoms. The van der Waals surface area contributed by atoms with E-state index in [9.17, 15) is 4.79 Å². The smallest absolute Gasteiger partial charge is 0.120 e. The summed E-state index contributed by atoms with van der Waals surface area (Å²) in [5.41, 5.74) is 4.48. The Bertz CT molecular complexity index is 503. The molecule has 2 nitrogen and oxygen atoms in total. The van der Waals surface area contributed by atoms with E-state index in [1.165, 1.54) is 5.56 Å². The number of carbonyl (C=O) groups is 1. The molecule has 0 aliphatic rings. The summed E-state index contributed by atoms with van der Waals surface area (Å²) in [6.07, 6.45) is 4.22. The van der Waals surface area contributed by atoms with Crippen molar-refractivity contribution < 1.29 is 4.79 Å². The first-order valence-corrected chi connectivity index (χ1v) is 5.75. The van der Waals surface area contributed by atoms with Crippen LogP contribution in [0.25, 0.3) is 11.1 Å². The van der Waals surface area contributed by atoms with E-state index in [2.05, 4.69) is 29.2 Å². The molecule has 0 atom stereocenters. The Hall–Kier alpha value is -1.96. The summed E-state index contributed by atoms with van der Waals surface area (Å²) in [4.78, 5) is 14.7. The van der Waals surface area contributed by atoms with E-state index in [1.54, 1.807) is 0 Å². The van der Waals surface area contributed by atoms with Gasteiger partial charge in [0.25, 0.3) is 0 Å². The Morgan fingerprint density at radius 1 is 1.18 bits per heavy atom. The zero-order valence-corrected chi connectivity index (χ0v) is 9.89. The normalized spacial score (nSPS) is 10.2. The summed E-state index contributed by atoms with van der Waals surface area (Å²) in [5, 5.41) is 0. The monoisotopic (exact) mass is 225 g/mol. The fourth-order valence-corrected chi connectivity index (χ4v) is 1.77. The second-order valence-corrected chi connectivity index (χ2v) is 4.09. The zero-order chi connectivity index (χ0) is 12.1. The summed E-state index contributed by atoms with van der Waals surface area (Å²) in [6, 6.07) is 12.3. The van der Waals surface area contributed by atoms with Gasteiger partial charge in [-0.2, -0.15) is 0 Å². The molecule has 1 aromatic heterocycles. The highest BCUT2D eigenvalue weighted by molar-refractivity contribution is 5.63. The first kappa shape index (κ1) is 11.5. The van der Waals surface area contributed by atoms with Crippen molar-refractivity contribution in [3.63, 3.8) is 0 Å². The SMILES string of the molecule is Cc1ccc(-c2cccc(CCC=O)c2)cn1. The summed E-state index contributed by atoms with van der Waals surface area (Å²) in [6.45, 7) is 1.98. The molecule has 0 amide bonds. The standard InChI is InChI=1S/C15H15NO/c1-12-7-8-15(11-16-12)14-6-2-4-13(10-14)5-3-9-17/h2,4,6-11H,3,5H2,1H3. The summed E-state index contributed by atoms with van der Waals surface area (Å²) in [5.74, 6) is 0. The molecule has 1 aromatic carbocycles. The fraction of sp³-hybridized carbons (Fsp3) is 0.200. The van der Waals surface area contributed by atoms with Gasteiger partial charge in [-0.05, 0) is 30.5 Å². The Labute approximate surface area is 101 Å². The average molecular weight is 225 g/mol. The van der Waals surface area contributed by atoms with Gasteiger partial charge in [0.2, 0.25) is 0 Å². The maximum Gasteiger partial charge on any atom is 0.120 e. The van der Waals surface area contributed by atoms with Crippen LogP contribution >= 0.6 is 0 Å². The van der Waals surface area contributed by atoms with Crippen LogP contribution in [0.2, 0.25) is 0 Å². The molecule has 0 saturated heterocycles. The van der Waals surface area contributed by atoms with Gasteiger partial charge < -0.3 is 4.79 Å². The highest BCUT2D eigenvalue weighted by Crippen LogP contribution is 2.20. The maximum atomic E-state index is 10.4. The molecule has 17 heavy (non-hydrogen) atoms. The van der Waals surface area contributed by atoms with Crippen molar-refractivity contribution in [2.24, 2.45) is 0 Å². The topological polar surface area (TPSA) is 30.0 Å². The van der Waals surface area contributed by atoms with E-state index in [1.807, 2.05) is 25.3 Å². The molecule has 0 aliphatic carbocycles. The number of aromatic nitrogens is 1. The van der Waals surface area contributed by atoms with Crippen LogP contribution in [0, 0.1) is 6.92 Å². The number of hydrogen-bond donors (Lipinski definition) is 0. The van der Waals surface area contributed by atoms with E-state index in [4.69, 9.17) is 0 Å². The molecule has 2 aromatic rings. The Morgan fingerprint density at radius 2 is 2.06 bits per heavy atom. The van der Waals surface area contributed by atoms with Gasteiger partial charge in [0, 0.05) is 23.9 Å². The number of aryl methyl sites for hydroxylation is 2. The number of nitrogens with zero attached hydrogens (tertiary/aromatic N) is 1. The average Bonchev–Trinajstić information content (AvgIpc) is 2.37. The van der Waals surface area contributed by atoms with Gasteiger partial charge in [-0.1, -0.05) is 30.3 Å². The van der Waals surface area contributed by atoms with Crippen LogP contribution in [0.4, 0.5) is 0 Å². The molecular formula is C15H15NO. The molecule has 0 N–H and O–H groups in total. The third-order valence-corrected chi connectivity index (χ3v) is 2.72. The Kier molecular flexibility index (Phi) is 3.66. The predicted molar refractivity (Wildman–Crippen MR) is 68.8 cm³/mol. The van der Waals surface area contributed by atoms with Crippen molar-refractivity contribution >= 4 is 6.29 Å². The molecular weight excluding hydrogens is 210 g/mol. The number of aldehydes is 1. The first-order chi connectivity index (χ1) is 8.29. The second-order valence-electron chi connectivity index (χ2n) is 4.09. The quantitative estimate of drug-likeness (QED) is 0.748. The first-order valence-electron chi connectivity index (χ1n) is 5.75. The lowest BCUT2D eigenvalue weighted by Gasteiger charge is -2.04. The summed E-state index contributed by atoms with van der Waals surface area (Å²) >= 11 is 0. The zero-order valence-electron chi connectivity index (χ0n) is 9.89. The maximum absolute atomic E-state index is 10.4. The van der Waals surface area contributed by atoms with Crippen molar-refractivity contribution in [2.45, 2.75) is 19.8 Å². The van der Waals surface area contributed by atoms with Crippen LogP contribution in [0.3, 0.4) is 0 Å². The molecule has 1 heterocycles. The third-order valence-electron chi connectivity index (χ3n) is 2.72. The van der Waals surface area contributed by atoms with E-state index >= 15 is 0 Å².